The molecule has 3 nitrogen and oxygen atoms in total. The van der Waals surface area contributed by atoms with Crippen LogP contribution in [0.15, 0.2) is 18.2 Å². The van der Waals surface area contributed by atoms with Crippen LogP contribution in [0.3, 0.4) is 0 Å². The van der Waals surface area contributed by atoms with Gasteiger partial charge in [-0.25, -0.2) is 0 Å². The van der Waals surface area contributed by atoms with Crippen LogP contribution in [0.25, 0.3) is 0 Å². The fourth-order valence-corrected chi connectivity index (χ4v) is 1.36. The minimum Gasteiger partial charge on any atom is -0.343 e. The molecule has 86 valence electrons. The zero-order valence-corrected chi connectivity index (χ0v) is 10.1. The van der Waals surface area contributed by atoms with Gasteiger partial charge in [0.05, 0.1) is 6.04 Å². The molecular formula is C13H17NO2. The predicted octanol–water partition coefficient (Wildman–Crippen LogP) is 2.01. The van der Waals surface area contributed by atoms with Crippen molar-refractivity contribution in [3.05, 3.63) is 34.9 Å². The molecule has 0 aliphatic heterocycles. The van der Waals surface area contributed by atoms with Crippen LogP contribution in [-0.2, 0) is 4.79 Å². The van der Waals surface area contributed by atoms with Crippen LogP contribution in [0.5, 0.6) is 0 Å². The van der Waals surface area contributed by atoms with E-state index >= 15 is 0 Å². The Hall–Kier alpha value is -1.64. The molecule has 1 amide bonds. The van der Waals surface area contributed by atoms with Crippen LogP contribution in [0, 0.1) is 13.8 Å². The predicted molar refractivity (Wildman–Crippen MR) is 63.5 cm³/mol. The first kappa shape index (κ1) is 12.4. The summed E-state index contributed by atoms with van der Waals surface area (Å²) in [4.78, 5) is 22.9. The van der Waals surface area contributed by atoms with Gasteiger partial charge < -0.3 is 5.32 Å². The van der Waals surface area contributed by atoms with Crippen LogP contribution in [0.2, 0.25) is 0 Å². The molecule has 0 aliphatic carbocycles. The lowest BCUT2D eigenvalue weighted by molar-refractivity contribution is -0.118. The molecule has 0 fully saturated rings. The minimum absolute atomic E-state index is 0.0429. The van der Waals surface area contributed by atoms with Crippen LogP contribution in [-0.4, -0.2) is 17.7 Å². The lowest BCUT2D eigenvalue weighted by Crippen LogP contribution is -2.37. The van der Waals surface area contributed by atoms with Gasteiger partial charge in [0.2, 0.25) is 0 Å². The van der Waals surface area contributed by atoms with Crippen molar-refractivity contribution in [3.8, 4) is 0 Å². The van der Waals surface area contributed by atoms with E-state index in [0.717, 1.165) is 11.1 Å². The van der Waals surface area contributed by atoms with E-state index in [1.165, 1.54) is 6.92 Å². The van der Waals surface area contributed by atoms with Crippen molar-refractivity contribution in [3.63, 3.8) is 0 Å². The van der Waals surface area contributed by atoms with Gasteiger partial charge in [0.15, 0.2) is 5.78 Å². The maximum atomic E-state index is 11.9. The Balaban J connectivity index is 2.88. The summed E-state index contributed by atoms with van der Waals surface area (Å²) in [6.07, 6.45) is 0. The third kappa shape index (κ3) is 2.92. The molecule has 3 heteroatoms. The number of ketones is 1. The molecule has 16 heavy (non-hydrogen) atoms. The molecule has 0 radical (unpaired) electrons. The number of nitrogens with one attached hydrogen (secondary N) is 1. The summed E-state index contributed by atoms with van der Waals surface area (Å²) in [5, 5.41) is 2.68. The van der Waals surface area contributed by atoms with Crippen molar-refractivity contribution in [1.29, 1.82) is 0 Å². The Morgan fingerprint density at radius 3 is 2.44 bits per heavy atom. The fraction of sp³-hybridized carbons (Fsp3) is 0.385. The molecule has 1 aromatic carbocycles. The summed E-state index contributed by atoms with van der Waals surface area (Å²) in [6, 6.07) is 5.26. The standard InChI is InChI=1S/C13H17NO2/c1-8-5-6-9(2)12(7-8)13(16)14-10(3)11(4)15/h5-7,10H,1-4H3,(H,14,16). The van der Waals surface area contributed by atoms with Gasteiger partial charge in [-0.3, -0.25) is 9.59 Å². The Labute approximate surface area is 95.9 Å². The van der Waals surface area contributed by atoms with Crippen LogP contribution < -0.4 is 5.32 Å². The maximum Gasteiger partial charge on any atom is 0.252 e. The maximum absolute atomic E-state index is 11.9. The van der Waals surface area contributed by atoms with Crippen molar-refractivity contribution in [1.82, 2.24) is 5.32 Å². The van der Waals surface area contributed by atoms with Gasteiger partial charge in [0, 0.05) is 5.56 Å². The third-order valence-corrected chi connectivity index (χ3v) is 2.60. The Bertz CT molecular complexity index is 424. The highest BCUT2D eigenvalue weighted by atomic mass is 16.2. The lowest BCUT2D eigenvalue weighted by atomic mass is 10.0. The van der Waals surface area contributed by atoms with E-state index in [1.54, 1.807) is 6.92 Å². The van der Waals surface area contributed by atoms with Crippen molar-refractivity contribution >= 4 is 11.7 Å². The van der Waals surface area contributed by atoms with Crippen LogP contribution >= 0.6 is 0 Å². The van der Waals surface area contributed by atoms with Crippen molar-refractivity contribution in [2.24, 2.45) is 0 Å². The molecule has 1 unspecified atom stereocenters. The zero-order chi connectivity index (χ0) is 12.3. The quantitative estimate of drug-likeness (QED) is 0.845. The second-order valence-corrected chi connectivity index (χ2v) is 4.12. The van der Waals surface area contributed by atoms with Gasteiger partial charge in [-0.15, -0.1) is 0 Å². The highest BCUT2D eigenvalue weighted by Crippen LogP contribution is 2.10. The highest BCUT2D eigenvalue weighted by molar-refractivity contribution is 5.98. The number of carbonyl (C=O) groups is 2. The number of rotatable bonds is 3. The van der Waals surface area contributed by atoms with Crippen LogP contribution in [0.4, 0.5) is 0 Å². The summed E-state index contributed by atoms with van der Waals surface area (Å²) in [5.74, 6) is -0.234. The van der Waals surface area contributed by atoms with E-state index < -0.39 is 6.04 Å². The average molecular weight is 219 g/mol. The summed E-state index contributed by atoms with van der Waals surface area (Å²) in [5.41, 5.74) is 2.58. The first-order valence-corrected chi connectivity index (χ1v) is 5.30. The third-order valence-electron chi connectivity index (χ3n) is 2.60. The Morgan fingerprint density at radius 2 is 1.88 bits per heavy atom. The van der Waals surface area contributed by atoms with Gasteiger partial charge in [-0.2, -0.15) is 0 Å². The monoisotopic (exact) mass is 219 g/mol. The molecule has 0 heterocycles. The lowest BCUT2D eigenvalue weighted by Gasteiger charge is -2.12. The number of amides is 1. The van der Waals surface area contributed by atoms with Crippen LogP contribution in [0.1, 0.15) is 35.3 Å². The number of aryl methyl sites for hydroxylation is 2. The number of carbonyl (C=O) groups excluding carboxylic acids is 2. The van der Waals surface area contributed by atoms with Crippen molar-refractivity contribution < 1.29 is 9.59 Å². The second kappa shape index (κ2) is 4.92. The largest absolute Gasteiger partial charge is 0.343 e. The van der Waals surface area contributed by atoms with Gasteiger partial charge in [0.25, 0.3) is 5.91 Å². The van der Waals surface area contributed by atoms with E-state index in [4.69, 9.17) is 0 Å². The Kier molecular flexibility index (Phi) is 3.82. The molecule has 0 aromatic heterocycles. The molecule has 0 bridgehead atoms. The van der Waals surface area contributed by atoms with Gasteiger partial charge in [0.1, 0.15) is 0 Å². The van der Waals surface area contributed by atoms with E-state index in [9.17, 15) is 9.59 Å². The van der Waals surface area contributed by atoms with E-state index in [1.807, 2.05) is 32.0 Å². The topological polar surface area (TPSA) is 46.2 Å². The molecule has 0 saturated heterocycles. The molecule has 0 aliphatic rings. The van der Waals surface area contributed by atoms with Gasteiger partial charge >= 0.3 is 0 Å². The van der Waals surface area contributed by atoms with E-state index in [-0.39, 0.29) is 11.7 Å². The van der Waals surface area contributed by atoms with Crippen molar-refractivity contribution in [2.45, 2.75) is 33.7 Å². The first-order chi connectivity index (χ1) is 7.41. The summed E-state index contributed by atoms with van der Waals surface area (Å²) >= 11 is 0. The first-order valence-electron chi connectivity index (χ1n) is 5.30. The fourth-order valence-electron chi connectivity index (χ4n) is 1.36. The molecule has 1 N–H and O–H groups in total. The smallest absolute Gasteiger partial charge is 0.252 e. The van der Waals surface area contributed by atoms with Gasteiger partial charge in [-0.1, -0.05) is 17.7 Å². The number of benzene rings is 1. The van der Waals surface area contributed by atoms with Gasteiger partial charge in [-0.05, 0) is 39.3 Å². The number of hydrogen-bond donors (Lipinski definition) is 1. The summed E-state index contributed by atoms with van der Waals surface area (Å²) in [6.45, 7) is 6.97. The summed E-state index contributed by atoms with van der Waals surface area (Å²) in [7, 11) is 0. The second-order valence-electron chi connectivity index (χ2n) is 4.12. The SMILES string of the molecule is CC(=O)C(C)NC(=O)c1cc(C)ccc1C. The Morgan fingerprint density at radius 1 is 1.25 bits per heavy atom. The molecule has 0 spiro atoms. The highest BCUT2D eigenvalue weighted by Gasteiger charge is 2.14. The average Bonchev–Trinajstić information content (AvgIpc) is 2.21. The number of Topliss-reactive ketones (excluding diaryl/α,β-unsaturated/α-hetero) is 1. The van der Waals surface area contributed by atoms with E-state index in [2.05, 4.69) is 5.32 Å². The normalized spacial score (nSPS) is 12.0. The number of hydrogen-bond acceptors (Lipinski definition) is 2. The zero-order valence-electron chi connectivity index (χ0n) is 10.1. The molecule has 1 atom stereocenters. The summed E-state index contributed by atoms with van der Waals surface area (Å²) < 4.78 is 0. The van der Waals surface area contributed by atoms with E-state index in [0.29, 0.717) is 5.56 Å². The molecular weight excluding hydrogens is 202 g/mol. The van der Waals surface area contributed by atoms with Crippen molar-refractivity contribution in [2.75, 3.05) is 0 Å². The minimum atomic E-state index is -0.438. The molecule has 1 aromatic rings. The molecule has 0 saturated carbocycles. The molecule has 1 rings (SSSR count).